The lowest BCUT2D eigenvalue weighted by Crippen LogP contribution is -1.82. The Morgan fingerprint density at radius 1 is 0.842 bits per heavy atom. The number of hydrogen-bond donors (Lipinski definition) is 0. The molecule has 0 fully saturated rings. The molecule has 0 radical (unpaired) electrons. The largest absolute Gasteiger partial charge is 0.0915 e. The van der Waals surface area contributed by atoms with Gasteiger partial charge < -0.3 is 0 Å². The smallest absolute Gasteiger partial charge is 0.0262 e. The Balaban J connectivity index is 4.70. The second-order valence-corrected chi connectivity index (χ2v) is 4.63. The Morgan fingerprint density at radius 3 is 1.89 bits per heavy atom. The van der Waals surface area contributed by atoms with Crippen molar-refractivity contribution in [1.82, 2.24) is 0 Å². The van der Waals surface area contributed by atoms with Crippen molar-refractivity contribution in [3.8, 4) is 0 Å². The maximum Gasteiger partial charge on any atom is -0.0262 e. The van der Waals surface area contributed by atoms with Crippen molar-refractivity contribution < 1.29 is 0 Å². The molecule has 0 bridgehead atoms. The van der Waals surface area contributed by atoms with Crippen LogP contribution in [0.2, 0.25) is 0 Å². The van der Waals surface area contributed by atoms with Gasteiger partial charge in [-0.3, -0.25) is 0 Å². The van der Waals surface area contributed by atoms with Gasteiger partial charge in [0.15, 0.2) is 0 Å². The molecular formula is C19H26. The summed E-state index contributed by atoms with van der Waals surface area (Å²) in [6, 6.07) is 0. The van der Waals surface area contributed by atoms with E-state index in [0.717, 1.165) is 28.7 Å². The summed E-state index contributed by atoms with van der Waals surface area (Å²) in [5.74, 6) is 0. The van der Waals surface area contributed by atoms with Crippen LogP contribution in [0.15, 0.2) is 84.1 Å². The Bertz CT molecular complexity index is 462. The van der Waals surface area contributed by atoms with Crippen LogP contribution in [0.4, 0.5) is 0 Å². The topological polar surface area (TPSA) is 0 Å². The third kappa shape index (κ3) is 7.25. The Labute approximate surface area is 118 Å². The molecule has 0 rings (SSSR count). The van der Waals surface area contributed by atoms with Gasteiger partial charge in [-0.1, -0.05) is 68.7 Å². The fourth-order valence-electron chi connectivity index (χ4n) is 1.24. The summed E-state index contributed by atoms with van der Waals surface area (Å²) >= 11 is 0. The average Bonchev–Trinajstić information content (AvgIpc) is 2.41. The van der Waals surface area contributed by atoms with Crippen LogP contribution in [0.5, 0.6) is 0 Å². The number of rotatable bonds is 7. The zero-order valence-electron chi connectivity index (χ0n) is 12.8. The van der Waals surface area contributed by atoms with E-state index in [2.05, 4.69) is 52.7 Å². The Kier molecular flexibility index (Phi) is 8.28. The second kappa shape index (κ2) is 9.16. The maximum atomic E-state index is 4.06. The standard InChI is InChI=1S/C19H26/c1-8-10-16(4)18(6)13-14-19(7)17(5)12-11-15(3)9-2/h8,10-14H,4,6-7,9H2,1-3,5H3/b10-8-,14-13-,15-11-,17-12+. The summed E-state index contributed by atoms with van der Waals surface area (Å²) in [6.45, 7) is 20.3. The van der Waals surface area contributed by atoms with Crippen LogP contribution in [0, 0.1) is 0 Å². The van der Waals surface area contributed by atoms with Gasteiger partial charge in [0.05, 0.1) is 0 Å². The second-order valence-electron chi connectivity index (χ2n) is 4.63. The highest BCUT2D eigenvalue weighted by atomic mass is 14.0. The molecule has 0 heterocycles. The fraction of sp³-hybridized carbons (Fsp3) is 0.263. The quantitative estimate of drug-likeness (QED) is 0.482. The highest BCUT2D eigenvalue weighted by Crippen LogP contribution is 2.14. The minimum absolute atomic E-state index is 0.910. The van der Waals surface area contributed by atoms with Crippen molar-refractivity contribution in [2.75, 3.05) is 0 Å². The molecule has 0 aromatic heterocycles. The lowest BCUT2D eigenvalue weighted by Gasteiger charge is -2.02. The predicted octanol–water partition coefficient (Wildman–Crippen LogP) is 6.09. The molecule has 0 nitrogen and oxygen atoms in total. The van der Waals surface area contributed by atoms with Crippen LogP contribution in [-0.2, 0) is 0 Å². The van der Waals surface area contributed by atoms with Crippen LogP contribution in [0.25, 0.3) is 0 Å². The minimum atomic E-state index is 0.910. The van der Waals surface area contributed by atoms with Crippen molar-refractivity contribution in [2.45, 2.75) is 34.1 Å². The monoisotopic (exact) mass is 254 g/mol. The number of hydrogen-bond acceptors (Lipinski definition) is 0. The molecule has 0 aromatic carbocycles. The van der Waals surface area contributed by atoms with E-state index in [9.17, 15) is 0 Å². The van der Waals surface area contributed by atoms with Crippen LogP contribution in [0.1, 0.15) is 34.1 Å². The molecule has 0 atom stereocenters. The van der Waals surface area contributed by atoms with E-state index in [1.807, 2.05) is 31.2 Å². The van der Waals surface area contributed by atoms with Crippen molar-refractivity contribution in [1.29, 1.82) is 0 Å². The average molecular weight is 254 g/mol. The first-order valence-electron chi connectivity index (χ1n) is 6.64. The highest BCUT2D eigenvalue weighted by Gasteiger charge is 1.94. The fourth-order valence-corrected chi connectivity index (χ4v) is 1.24. The Hall–Kier alpha value is -1.82. The van der Waals surface area contributed by atoms with Gasteiger partial charge >= 0.3 is 0 Å². The van der Waals surface area contributed by atoms with Gasteiger partial charge in [0, 0.05) is 0 Å². The third-order valence-electron chi connectivity index (χ3n) is 2.95. The van der Waals surface area contributed by atoms with Gasteiger partial charge in [0.25, 0.3) is 0 Å². The molecule has 0 aliphatic heterocycles. The van der Waals surface area contributed by atoms with Crippen LogP contribution >= 0.6 is 0 Å². The summed E-state index contributed by atoms with van der Waals surface area (Å²) in [6.07, 6.45) is 13.2. The van der Waals surface area contributed by atoms with Gasteiger partial charge in [0.1, 0.15) is 0 Å². The zero-order chi connectivity index (χ0) is 14.8. The molecule has 19 heavy (non-hydrogen) atoms. The molecule has 102 valence electrons. The normalized spacial score (nSPS) is 13.3. The van der Waals surface area contributed by atoms with Gasteiger partial charge in [-0.15, -0.1) is 0 Å². The lowest BCUT2D eigenvalue weighted by atomic mass is 10.0. The molecule has 0 aliphatic rings. The van der Waals surface area contributed by atoms with E-state index < -0.39 is 0 Å². The first-order valence-corrected chi connectivity index (χ1v) is 6.64. The van der Waals surface area contributed by atoms with E-state index in [4.69, 9.17) is 0 Å². The maximum absolute atomic E-state index is 4.06. The molecule has 0 unspecified atom stereocenters. The van der Waals surface area contributed by atoms with E-state index in [1.54, 1.807) is 0 Å². The molecule has 0 amide bonds. The van der Waals surface area contributed by atoms with Gasteiger partial charge in [-0.2, -0.15) is 0 Å². The lowest BCUT2D eigenvalue weighted by molar-refractivity contribution is 1.10. The summed E-state index contributed by atoms with van der Waals surface area (Å²) in [5.41, 5.74) is 5.35. The van der Waals surface area contributed by atoms with Crippen molar-refractivity contribution in [3.05, 3.63) is 84.1 Å². The molecule has 0 saturated heterocycles. The van der Waals surface area contributed by atoms with E-state index in [1.165, 1.54) is 5.57 Å². The summed E-state index contributed by atoms with van der Waals surface area (Å²) < 4.78 is 0. The van der Waals surface area contributed by atoms with Crippen LogP contribution in [0.3, 0.4) is 0 Å². The van der Waals surface area contributed by atoms with Gasteiger partial charge in [-0.25, -0.2) is 0 Å². The van der Waals surface area contributed by atoms with Gasteiger partial charge in [-0.05, 0) is 49.5 Å². The van der Waals surface area contributed by atoms with Crippen LogP contribution in [-0.4, -0.2) is 0 Å². The molecule has 0 N–H and O–H groups in total. The Morgan fingerprint density at radius 2 is 1.37 bits per heavy atom. The van der Waals surface area contributed by atoms with E-state index in [-0.39, 0.29) is 0 Å². The SMILES string of the molecule is C=C(/C=C\C)C(=C)/C=C\C(=C)/C(C)=C/C=C(/C)CC. The van der Waals surface area contributed by atoms with E-state index in [0.29, 0.717) is 0 Å². The molecule has 0 saturated carbocycles. The number of allylic oxidation sites excluding steroid dienone is 11. The predicted molar refractivity (Wildman–Crippen MR) is 89.2 cm³/mol. The third-order valence-corrected chi connectivity index (χ3v) is 2.95. The van der Waals surface area contributed by atoms with Crippen molar-refractivity contribution >= 4 is 0 Å². The first-order chi connectivity index (χ1) is 8.92. The van der Waals surface area contributed by atoms with Gasteiger partial charge in [0.2, 0.25) is 0 Å². The molecule has 0 aliphatic carbocycles. The summed E-state index contributed by atoms with van der Waals surface area (Å²) in [5, 5.41) is 0. The van der Waals surface area contributed by atoms with Crippen LogP contribution < -0.4 is 0 Å². The summed E-state index contributed by atoms with van der Waals surface area (Å²) in [4.78, 5) is 0. The highest BCUT2D eigenvalue weighted by molar-refractivity contribution is 5.47. The minimum Gasteiger partial charge on any atom is -0.0915 e. The molecular weight excluding hydrogens is 228 g/mol. The molecule has 0 heteroatoms. The van der Waals surface area contributed by atoms with E-state index >= 15 is 0 Å². The van der Waals surface area contributed by atoms with Crippen molar-refractivity contribution in [2.24, 2.45) is 0 Å². The first kappa shape index (κ1) is 17.2. The van der Waals surface area contributed by atoms with Crippen molar-refractivity contribution in [3.63, 3.8) is 0 Å². The summed E-state index contributed by atoms with van der Waals surface area (Å²) in [7, 11) is 0. The molecule has 0 aromatic rings. The zero-order valence-corrected chi connectivity index (χ0v) is 12.8. The molecule has 0 spiro atoms.